The number of nitrogens with zero attached hydrogens (tertiary/aromatic N) is 4. The van der Waals surface area contributed by atoms with Gasteiger partial charge >= 0.3 is 0 Å². The van der Waals surface area contributed by atoms with Gasteiger partial charge in [0.25, 0.3) is 0 Å². The molecule has 7 heteroatoms. The van der Waals surface area contributed by atoms with Gasteiger partial charge in [-0.05, 0) is 49.2 Å². The Hall–Kier alpha value is -1.96. The number of hydrogen-bond acceptors (Lipinski definition) is 5. The molecule has 1 aliphatic heterocycles. The number of hydrogen-bond donors (Lipinski definition) is 0. The van der Waals surface area contributed by atoms with E-state index >= 15 is 0 Å². The summed E-state index contributed by atoms with van der Waals surface area (Å²) in [6.07, 6.45) is 1.86. The van der Waals surface area contributed by atoms with Gasteiger partial charge in [0.1, 0.15) is 5.82 Å². The number of aromatic nitrogens is 1. The fourth-order valence-electron chi connectivity index (χ4n) is 3.37. The maximum absolute atomic E-state index is 12.2. The zero-order valence-corrected chi connectivity index (χ0v) is 17.3. The van der Waals surface area contributed by atoms with Gasteiger partial charge in [0.15, 0.2) is 0 Å². The first-order valence-corrected chi connectivity index (χ1v) is 10.7. The summed E-state index contributed by atoms with van der Waals surface area (Å²) in [6.45, 7) is 8.05. The average molecular weight is 389 g/mol. The van der Waals surface area contributed by atoms with Crippen LogP contribution in [0.5, 0.6) is 0 Å². The molecule has 1 aromatic heterocycles. The summed E-state index contributed by atoms with van der Waals surface area (Å²) in [7, 11) is -0.280. The van der Waals surface area contributed by atoms with Crippen molar-refractivity contribution in [1.82, 2.24) is 14.2 Å². The van der Waals surface area contributed by atoms with E-state index in [1.165, 1.54) is 9.87 Å². The molecule has 146 valence electrons. The van der Waals surface area contributed by atoms with Gasteiger partial charge in [-0.1, -0.05) is 12.1 Å². The highest BCUT2D eigenvalue weighted by Crippen LogP contribution is 2.25. The van der Waals surface area contributed by atoms with Crippen molar-refractivity contribution in [1.29, 1.82) is 0 Å². The summed E-state index contributed by atoms with van der Waals surface area (Å²) >= 11 is 0. The lowest BCUT2D eigenvalue weighted by Gasteiger charge is -2.38. The van der Waals surface area contributed by atoms with Crippen molar-refractivity contribution in [3.8, 4) is 0 Å². The number of pyridine rings is 1. The first kappa shape index (κ1) is 19.8. The minimum absolute atomic E-state index is 0.244. The van der Waals surface area contributed by atoms with E-state index in [9.17, 15) is 8.42 Å². The van der Waals surface area contributed by atoms with Crippen molar-refractivity contribution >= 4 is 15.8 Å². The standard InChI is InChI=1S/C20H28N4O2S/c1-16-9-10-21-20(15-16)24-13-11-23(12-14-24)17(2)18-5-7-19(8-6-18)27(25,26)22(3)4/h5-10,15,17H,11-14H2,1-4H3/t17-/m0/s1. The number of sulfonamides is 1. The lowest BCUT2D eigenvalue weighted by atomic mass is 10.1. The van der Waals surface area contributed by atoms with Gasteiger partial charge < -0.3 is 4.90 Å². The predicted molar refractivity (Wildman–Crippen MR) is 108 cm³/mol. The SMILES string of the molecule is Cc1ccnc(N2CCN([C@@H](C)c3ccc(S(=O)(=O)N(C)C)cc3)CC2)c1. The molecule has 0 bridgehead atoms. The number of benzene rings is 1. The van der Waals surface area contributed by atoms with Crippen LogP contribution in [0.25, 0.3) is 0 Å². The summed E-state index contributed by atoms with van der Waals surface area (Å²) in [5, 5.41) is 0. The van der Waals surface area contributed by atoms with E-state index in [0.29, 0.717) is 4.90 Å². The fourth-order valence-corrected chi connectivity index (χ4v) is 4.27. The van der Waals surface area contributed by atoms with E-state index in [-0.39, 0.29) is 6.04 Å². The topological polar surface area (TPSA) is 56.8 Å². The number of aryl methyl sites for hydroxylation is 1. The van der Waals surface area contributed by atoms with Gasteiger partial charge in [-0.25, -0.2) is 17.7 Å². The van der Waals surface area contributed by atoms with Crippen LogP contribution in [0.4, 0.5) is 5.82 Å². The van der Waals surface area contributed by atoms with Crippen LogP contribution in [-0.2, 0) is 10.0 Å². The van der Waals surface area contributed by atoms with Crippen LogP contribution < -0.4 is 4.90 Å². The van der Waals surface area contributed by atoms with Gasteiger partial charge in [0.2, 0.25) is 10.0 Å². The zero-order chi connectivity index (χ0) is 19.6. The molecule has 2 aromatic rings. The Morgan fingerprint density at radius 1 is 1.04 bits per heavy atom. The molecule has 2 heterocycles. The molecule has 0 saturated carbocycles. The lowest BCUT2D eigenvalue weighted by molar-refractivity contribution is 0.198. The van der Waals surface area contributed by atoms with E-state index < -0.39 is 10.0 Å². The first-order chi connectivity index (χ1) is 12.8. The van der Waals surface area contributed by atoms with E-state index in [1.54, 1.807) is 26.2 Å². The molecule has 0 N–H and O–H groups in total. The van der Waals surface area contributed by atoms with Gasteiger partial charge in [-0.3, -0.25) is 4.90 Å². The normalized spacial score (nSPS) is 17.3. The van der Waals surface area contributed by atoms with Crippen LogP contribution in [-0.4, -0.2) is 62.9 Å². The third-order valence-corrected chi connectivity index (χ3v) is 7.06. The van der Waals surface area contributed by atoms with Crippen molar-refractivity contribution < 1.29 is 8.42 Å². The lowest BCUT2D eigenvalue weighted by Crippen LogP contribution is -2.47. The van der Waals surface area contributed by atoms with Crippen LogP contribution in [0.1, 0.15) is 24.1 Å². The Bertz CT molecular complexity index is 873. The van der Waals surface area contributed by atoms with Crippen LogP contribution in [0.3, 0.4) is 0 Å². The number of piperazine rings is 1. The molecule has 1 atom stereocenters. The molecule has 1 saturated heterocycles. The highest BCUT2D eigenvalue weighted by atomic mass is 32.2. The van der Waals surface area contributed by atoms with Crippen LogP contribution in [0.2, 0.25) is 0 Å². The molecule has 0 unspecified atom stereocenters. The predicted octanol–water partition coefficient (Wildman–Crippen LogP) is 2.52. The van der Waals surface area contributed by atoms with Crippen molar-refractivity contribution in [3.05, 3.63) is 53.7 Å². The largest absolute Gasteiger partial charge is 0.354 e. The summed E-state index contributed by atoms with van der Waals surface area (Å²) in [5.74, 6) is 1.04. The van der Waals surface area contributed by atoms with Gasteiger partial charge in [0.05, 0.1) is 4.90 Å². The molecule has 1 aliphatic rings. The minimum atomic E-state index is -3.38. The molecular formula is C20H28N4O2S. The second-order valence-electron chi connectivity index (χ2n) is 7.25. The molecular weight excluding hydrogens is 360 g/mol. The van der Waals surface area contributed by atoms with E-state index in [2.05, 4.69) is 34.7 Å². The Kier molecular flexibility index (Phi) is 5.83. The molecule has 1 fully saturated rings. The fraction of sp³-hybridized carbons (Fsp3) is 0.450. The second-order valence-corrected chi connectivity index (χ2v) is 9.40. The van der Waals surface area contributed by atoms with Crippen molar-refractivity contribution in [2.24, 2.45) is 0 Å². The number of rotatable bonds is 5. The minimum Gasteiger partial charge on any atom is -0.354 e. The summed E-state index contributed by atoms with van der Waals surface area (Å²) in [4.78, 5) is 9.57. The van der Waals surface area contributed by atoms with Crippen molar-refractivity contribution in [2.45, 2.75) is 24.8 Å². The smallest absolute Gasteiger partial charge is 0.242 e. The van der Waals surface area contributed by atoms with Crippen molar-refractivity contribution in [2.75, 3.05) is 45.2 Å². The van der Waals surface area contributed by atoms with E-state index in [1.807, 2.05) is 24.4 Å². The van der Waals surface area contributed by atoms with Crippen LogP contribution >= 0.6 is 0 Å². The van der Waals surface area contributed by atoms with Crippen LogP contribution in [0.15, 0.2) is 47.5 Å². The molecule has 0 radical (unpaired) electrons. The quantitative estimate of drug-likeness (QED) is 0.788. The van der Waals surface area contributed by atoms with Gasteiger partial charge in [-0.2, -0.15) is 0 Å². The monoisotopic (exact) mass is 388 g/mol. The molecule has 3 rings (SSSR count). The summed E-state index contributed by atoms with van der Waals surface area (Å²) in [5.41, 5.74) is 2.36. The third-order valence-electron chi connectivity index (χ3n) is 5.23. The molecule has 1 aromatic carbocycles. The molecule has 0 amide bonds. The Morgan fingerprint density at radius 3 is 2.22 bits per heavy atom. The maximum atomic E-state index is 12.2. The molecule has 6 nitrogen and oxygen atoms in total. The summed E-state index contributed by atoms with van der Waals surface area (Å²) in [6, 6.07) is 11.6. The Balaban J connectivity index is 1.65. The zero-order valence-electron chi connectivity index (χ0n) is 16.5. The van der Waals surface area contributed by atoms with Gasteiger partial charge in [-0.15, -0.1) is 0 Å². The third kappa shape index (κ3) is 4.31. The Labute approximate surface area is 162 Å². The first-order valence-electron chi connectivity index (χ1n) is 9.23. The highest BCUT2D eigenvalue weighted by molar-refractivity contribution is 7.89. The van der Waals surface area contributed by atoms with E-state index in [0.717, 1.165) is 37.6 Å². The second kappa shape index (κ2) is 7.96. The number of anilines is 1. The molecule has 27 heavy (non-hydrogen) atoms. The van der Waals surface area contributed by atoms with Gasteiger partial charge in [0, 0.05) is 52.5 Å². The molecule has 0 aliphatic carbocycles. The Morgan fingerprint density at radius 2 is 1.67 bits per heavy atom. The van der Waals surface area contributed by atoms with E-state index in [4.69, 9.17) is 0 Å². The van der Waals surface area contributed by atoms with Crippen molar-refractivity contribution in [3.63, 3.8) is 0 Å². The van der Waals surface area contributed by atoms with Crippen LogP contribution in [0, 0.1) is 6.92 Å². The average Bonchev–Trinajstić information content (AvgIpc) is 2.67. The summed E-state index contributed by atoms with van der Waals surface area (Å²) < 4.78 is 25.7. The molecule has 0 spiro atoms. The maximum Gasteiger partial charge on any atom is 0.242 e. The highest BCUT2D eigenvalue weighted by Gasteiger charge is 2.23.